The number of aromatic nitrogens is 5. The fourth-order valence-electron chi connectivity index (χ4n) is 2.92. The zero-order valence-corrected chi connectivity index (χ0v) is 18.6. The van der Waals surface area contributed by atoms with Crippen LogP contribution in [-0.4, -0.2) is 50.6 Å². The summed E-state index contributed by atoms with van der Waals surface area (Å²) in [6.45, 7) is 8.87. The number of hydrogen-bond acceptors (Lipinski definition) is 9. The van der Waals surface area contributed by atoms with Crippen molar-refractivity contribution in [3.63, 3.8) is 0 Å². The van der Waals surface area contributed by atoms with E-state index in [1.807, 2.05) is 30.7 Å². The number of nitrogens with two attached hydrogens (primary N) is 3. The number of carbonyl (C=O) groups is 1. The Bertz CT molecular complexity index is 1030. The molecule has 11 nitrogen and oxygen atoms in total. The summed E-state index contributed by atoms with van der Waals surface area (Å²) in [7, 11) is 1.66. The summed E-state index contributed by atoms with van der Waals surface area (Å²) in [5.74, 6) is -0.610. The number of ether oxygens (including phenoxy) is 1. The Labute approximate surface area is 181 Å². The monoisotopic (exact) mass is 429 g/mol. The van der Waals surface area contributed by atoms with E-state index in [-0.39, 0.29) is 29.5 Å². The molecule has 0 unspecified atom stereocenters. The standard InChI is InChI=1S/C15H18N8O.C5H13NO/c1-7(2)23-12-8(3)4-10(5-9(12)6-18-23)19-14-11(13(16)24)21-22-15(17)20-14;1-3-5(6)4-7-2/h4-7H,1-3H3,(H2,16,24)(H3,17,19,20,22);5H,3-4,6H2,1-2H3/t;5-/m.1/s1. The number of nitrogen functional groups attached to an aromatic ring is 1. The summed E-state index contributed by atoms with van der Waals surface area (Å²) in [5.41, 5.74) is 19.1. The molecular weight excluding hydrogens is 398 g/mol. The Kier molecular flexibility index (Phi) is 8.22. The molecule has 0 saturated heterocycles. The average molecular weight is 430 g/mol. The summed E-state index contributed by atoms with van der Waals surface area (Å²) in [4.78, 5) is 15.5. The Morgan fingerprint density at radius 2 is 2.00 bits per heavy atom. The summed E-state index contributed by atoms with van der Waals surface area (Å²) >= 11 is 0. The third kappa shape index (κ3) is 6.09. The molecule has 2 aromatic heterocycles. The molecule has 11 heteroatoms. The fraction of sp³-hybridized carbons (Fsp3) is 0.450. The van der Waals surface area contributed by atoms with E-state index in [9.17, 15) is 4.79 Å². The first-order chi connectivity index (χ1) is 14.7. The van der Waals surface area contributed by atoms with Gasteiger partial charge < -0.3 is 27.3 Å². The molecule has 1 amide bonds. The van der Waals surface area contributed by atoms with Crippen molar-refractivity contribution in [1.82, 2.24) is 25.0 Å². The number of amides is 1. The highest BCUT2D eigenvalue weighted by molar-refractivity contribution is 5.96. The normalized spacial score (nSPS) is 11.8. The maximum atomic E-state index is 11.5. The van der Waals surface area contributed by atoms with Crippen molar-refractivity contribution in [3.05, 3.63) is 29.6 Å². The van der Waals surface area contributed by atoms with Crippen molar-refractivity contribution in [2.45, 2.75) is 46.2 Å². The Morgan fingerprint density at radius 3 is 2.55 bits per heavy atom. The van der Waals surface area contributed by atoms with Crippen LogP contribution in [0.25, 0.3) is 10.9 Å². The van der Waals surface area contributed by atoms with E-state index in [0.717, 1.165) is 28.6 Å². The fourth-order valence-corrected chi connectivity index (χ4v) is 2.92. The molecule has 0 fully saturated rings. The van der Waals surface area contributed by atoms with Crippen LogP contribution in [0.5, 0.6) is 0 Å². The maximum Gasteiger partial charge on any atom is 0.273 e. The molecule has 0 saturated carbocycles. The van der Waals surface area contributed by atoms with Crippen LogP contribution >= 0.6 is 0 Å². The van der Waals surface area contributed by atoms with Crippen molar-refractivity contribution in [2.75, 3.05) is 24.8 Å². The molecule has 0 radical (unpaired) electrons. The molecule has 2 heterocycles. The largest absolute Gasteiger partial charge is 0.383 e. The number of methoxy groups -OCH3 is 1. The van der Waals surface area contributed by atoms with Gasteiger partial charge in [0.1, 0.15) is 0 Å². The third-order valence-corrected chi connectivity index (χ3v) is 4.47. The Hall–Kier alpha value is -3.31. The molecular formula is C20H31N9O2. The van der Waals surface area contributed by atoms with E-state index in [4.69, 9.17) is 21.9 Å². The van der Waals surface area contributed by atoms with Crippen molar-refractivity contribution in [2.24, 2.45) is 11.5 Å². The van der Waals surface area contributed by atoms with Crippen molar-refractivity contribution >= 4 is 34.3 Å². The van der Waals surface area contributed by atoms with Gasteiger partial charge >= 0.3 is 0 Å². The minimum atomic E-state index is -0.733. The SMILES string of the molecule is CC[C@@H](N)COC.Cc1cc(Nc2nc(N)nnc2C(N)=O)cc2cnn(C(C)C)c12. The van der Waals surface area contributed by atoms with Gasteiger partial charge in [-0.05, 0) is 44.9 Å². The lowest BCUT2D eigenvalue weighted by atomic mass is 10.1. The number of fused-ring (bicyclic) bond motifs is 1. The van der Waals surface area contributed by atoms with Gasteiger partial charge in [-0.15, -0.1) is 10.2 Å². The van der Waals surface area contributed by atoms with Gasteiger partial charge in [-0.25, -0.2) is 0 Å². The second kappa shape index (κ2) is 10.6. The molecule has 3 rings (SSSR count). The number of nitrogens with zero attached hydrogens (tertiary/aromatic N) is 5. The summed E-state index contributed by atoms with van der Waals surface area (Å²) in [5, 5.41) is 15.7. The quantitative estimate of drug-likeness (QED) is 0.437. The van der Waals surface area contributed by atoms with Crippen molar-refractivity contribution in [1.29, 1.82) is 0 Å². The molecule has 0 spiro atoms. The number of nitrogens with one attached hydrogen (secondary N) is 1. The van der Waals surface area contributed by atoms with Gasteiger partial charge in [-0.3, -0.25) is 9.48 Å². The van der Waals surface area contributed by atoms with Gasteiger partial charge in [0, 0.05) is 30.3 Å². The highest BCUT2D eigenvalue weighted by Crippen LogP contribution is 2.27. The number of aryl methyl sites for hydroxylation is 1. The average Bonchev–Trinajstić information content (AvgIpc) is 3.13. The molecule has 1 atom stereocenters. The first-order valence-electron chi connectivity index (χ1n) is 9.97. The summed E-state index contributed by atoms with van der Waals surface area (Å²) in [6.07, 6.45) is 2.79. The predicted molar refractivity (Wildman–Crippen MR) is 121 cm³/mol. The summed E-state index contributed by atoms with van der Waals surface area (Å²) < 4.78 is 6.74. The zero-order valence-electron chi connectivity index (χ0n) is 18.6. The lowest BCUT2D eigenvalue weighted by Crippen LogP contribution is -2.23. The first kappa shape index (κ1) is 24.0. The van der Waals surface area contributed by atoms with Gasteiger partial charge in [0.25, 0.3) is 5.91 Å². The van der Waals surface area contributed by atoms with E-state index in [1.165, 1.54) is 0 Å². The molecule has 168 valence electrons. The van der Waals surface area contributed by atoms with E-state index < -0.39 is 5.91 Å². The molecule has 3 aromatic rings. The topological polar surface area (TPSA) is 173 Å². The van der Waals surface area contributed by atoms with Crippen molar-refractivity contribution in [3.8, 4) is 0 Å². The van der Waals surface area contributed by atoms with Gasteiger partial charge in [0.2, 0.25) is 5.95 Å². The lowest BCUT2D eigenvalue weighted by Gasteiger charge is -2.12. The number of primary amides is 1. The number of rotatable bonds is 7. The highest BCUT2D eigenvalue weighted by Gasteiger charge is 2.15. The lowest BCUT2D eigenvalue weighted by molar-refractivity contribution is 0.0995. The van der Waals surface area contributed by atoms with Crippen LogP contribution in [0.3, 0.4) is 0 Å². The molecule has 0 aliphatic carbocycles. The number of benzene rings is 1. The first-order valence-corrected chi connectivity index (χ1v) is 9.97. The molecule has 7 N–H and O–H groups in total. The predicted octanol–water partition coefficient (Wildman–Crippen LogP) is 1.91. The Morgan fingerprint density at radius 1 is 1.29 bits per heavy atom. The molecule has 1 aromatic carbocycles. The van der Waals surface area contributed by atoms with Gasteiger partial charge in [0.05, 0.1) is 18.3 Å². The maximum absolute atomic E-state index is 11.5. The van der Waals surface area contributed by atoms with Crippen molar-refractivity contribution < 1.29 is 9.53 Å². The minimum Gasteiger partial charge on any atom is -0.383 e. The molecule has 31 heavy (non-hydrogen) atoms. The minimum absolute atomic E-state index is 0.0482. The second-order valence-corrected chi connectivity index (χ2v) is 7.39. The van der Waals surface area contributed by atoms with Crippen LogP contribution in [0, 0.1) is 6.92 Å². The number of hydrogen-bond donors (Lipinski definition) is 4. The molecule has 0 aliphatic rings. The van der Waals surface area contributed by atoms with E-state index in [2.05, 4.69) is 39.4 Å². The summed E-state index contributed by atoms with van der Waals surface area (Å²) in [6, 6.07) is 4.33. The van der Waals surface area contributed by atoms with Crippen LogP contribution in [0.1, 0.15) is 49.3 Å². The van der Waals surface area contributed by atoms with Crippen LogP contribution in [0.4, 0.5) is 17.5 Å². The smallest absolute Gasteiger partial charge is 0.273 e. The number of anilines is 3. The molecule has 0 aliphatic heterocycles. The second-order valence-electron chi connectivity index (χ2n) is 7.39. The van der Waals surface area contributed by atoms with E-state index in [1.54, 1.807) is 13.3 Å². The van der Waals surface area contributed by atoms with Crippen LogP contribution in [-0.2, 0) is 4.74 Å². The van der Waals surface area contributed by atoms with Crippen LogP contribution in [0.15, 0.2) is 18.3 Å². The van der Waals surface area contributed by atoms with E-state index >= 15 is 0 Å². The Balaban J connectivity index is 0.000000423. The van der Waals surface area contributed by atoms with Gasteiger partial charge in [-0.2, -0.15) is 10.1 Å². The number of carbonyl (C=O) groups excluding carboxylic acids is 1. The van der Waals surface area contributed by atoms with Crippen LogP contribution in [0.2, 0.25) is 0 Å². The molecule has 0 bridgehead atoms. The third-order valence-electron chi connectivity index (χ3n) is 4.47. The zero-order chi connectivity index (χ0) is 23.1. The van der Waals surface area contributed by atoms with E-state index in [0.29, 0.717) is 6.61 Å². The van der Waals surface area contributed by atoms with Crippen LogP contribution < -0.4 is 22.5 Å². The highest BCUT2D eigenvalue weighted by atomic mass is 16.5. The van der Waals surface area contributed by atoms with Gasteiger partial charge in [-0.1, -0.05) is 6.92 Å². The van der Waals surface area contributed by atoms with Gasteiger partial charge in [0.15, 0.2) is 11.5 Å².